The molecule has 173 valence electrons. The third-order valence-electron chi connectivity index (χ3n) is 6.23. The SMILES string of the molecule is CC(=O)/C=C(/C)O.C[Si]1(C)c2cc[c-]c3c2-c2c(cccc21)[Se]c1c-3ncc2ccccc12.[Ir]. The molecule has 1 aromatic heterocycles. The number of ketones is 1. The molecule has 6 heteroatoms. The Morgan fingerprint density at radius 3 is 2.47 bits per heavy atom. The van der Waals surface area contributed by atoms with E-state index in [4.69, 9.17) is 10.1 Å². The van der Waals surface area contributed by atoms with E-state index in [1.165, 1.54) is 56.3 Å². The van der Waals surface area contributed by atoms with Gasteiger partial charge in [-0.3, -0.25) is 4.79 Å². The van der Waals surface area contributed by atoms with Gasteiger partial charge in [-0.05, 0) is 13.8 Å². The third-order valence-corrected chi connectivity index (χ3v) is 12.2. The molecule has 0 amide bonds. The van der Waals surface area contributed by atoms with E-state index in [1.54, 1.807) is 10.4 Å². The van der Waals surface area contributed by atoms with Crippen LogP contribution in [-0.4, -0.2) is 38.9 Å². The van der Waals surface area contributed by atoms with Gasteiger partial charge in [-0.15, -0.1) is 0 Å². The number of carbonyl (C=O) groups excluding carboxylic acids is 1. The molecule has 1 radical (unpaired) electrons. The maximum atomic E-state index is 10.0. The molecule has 0 aliphatic carbocycles. The Bertz CT molecular complexity index is 1480. The number of allylic oxidation sites excluding steroid dienone is 2. The fraction of sp³-hybridized carbons (Fsp3) is 0.143. The van der Waals surface area contributed by atoms with E-state index in [1.807, 2.05) is 6.20 Å². The number of pyridine rings is 1. The average Bonchev–Trinajstić information content (AvgIpc) is 2.92. The van der Waals surface area contributed by atoms with Gasteiger partial charge in [-0.2, -0.15) is 0 Å². The Morgan fingerprint density at radius 2 is 1.76 bits per heavy atom. The molecule has 2 aliphatic rings. The minimum atomic E-state index is -1.64. The van der Waals surface area contributed by atoms with Gasteiger partial charge in [0, 0.05) is 26.2 Å². The first-order valence-electron chi connectivity index (χ1n) is 10.9. The predicted molar refractivity (Wildman–Crippen MR) is 140 cm³/mol. The second kappa shape index (κ2) is 9.37. The maximum absolute atomic E-state index is 10.0. The molecule has 3 heterocycles. The average molecular weight is 706 g/mol. The summed E-state index contributed by atoms with van der Waals surface area (Å²) in [4.78, 5) is 15.0. The number of hydrogen-bond acceptors (Lipinski definition) is 3. The number of fused-ring (bicyclic) bond motifs is 4. The molecular weight excluding hydrogens is 682 g/mol. The van der Waals surface area contributed by atoms with Crippen molar-refractivity contribution in [3.05, 3.63) is 78.7 Å². The summed E-state index contributed by atoms with van der Waals surface area (Å²) in [5, 5.41) is 14.1. The van der Waals surface area contributed by atoms with Crippen LogP contribution in [0.15, 0.2) is 72.6 Å². The number of aliphatic hydroxyl groups excluding tert-OH is 1. The van der Waals surface area contributed by atoms with Gasteiger partial charge in [0.1, 0.15) is 0 Å². The summed E-state index contributed by atoms with van der Waals surface area (Å²) < 4.78 is 2.91. The molecule has 4 aromatic rings. The fourth-order valence-corrected chi connectivity index (χ4v) is 10.7. The van der Waals surface area contributed by atoms with Crippen LogP contribution in [-0.2, 0) is 24.9 Å². The van der Waals surface area contributed by atoms with Crippen molar-refractivity contribution in [3.63, 3.8) is 0 Å². The quantitative estimate of drug-likeness (QED) is 0.126. The molecule has 0 fully saturated rings. The summed E-state index contributed by atoms with van der Waals surface area (Å²) in [7, 11) is -1.64. The van der Waals surface area contributed by atoms with E-state index in [0.717, 1.165) is 5.69 Å². The number of aromatic nitrogens is 1. The zero-order valence-corrected chi connectivity index (χ0v) is 24.5. The fourth-order valence-electron chi connectivity index (χ4n) is 4.83. The number of carbonyl (C=O) groups is 1. The maximum Gasteiger partial charge on any atom is 0 e. The monoisotopic (exact) mass is 707 g/mol. The summed E-state index contributed by atoms with van der Waals surface area (Å²) in [5.74, 6) is -0.0625. The molecule has 3 nitrogen and oxygen atoms in total. The van der Waals surface area contributed by atoms with E-state index in [0.29, 0.717) is 0 Å². The van der Waals surface area contributed by atoms with Gasteiger partial charge in [0.25, 0.3) is 0 Å². The molecule has 2 aliphatic heterocycles. The van der Waals surface area contributed by atoms with Crippen LogP contribution in [0.25, 0.3) is 33.2 Å². The first kappa shape index (κ1) is 24.8. The van der Waals surface area contributed by atoms with Gasteiger partial charge in [0.15, 0.2) is 5.78 Å². The minimum Gasteiger partial charge on any atom is 0 e. The number of rotatable bonds is 1. The zero-order valence-electron chi connectivity index (χ0n) is 19.4. The largest absolute Gasteiger partial charge is 0 e. The normalized spacial score (nSPS) is 14.2. The van der Waals surface area contributed by atoms with Crippen molar-refractivity contribution >= 4 is 58.9 Å². The van der Waals surface area contributed by atoms with Crippen LogP contribution in [0.1, 0.15) is 13.8 Å². The number of aliphatic hydroxyl groups is 1. The number of nitrogens with zero attached hydrogens (tertiary/aromatic N) is 1. The van der Waals surface area contributed by atoms with E-state index < -0.39 is 8.07 Å². The van der Waals surface area contributed by atoms with Crippen LogP contribution in [0, 0.1) is 6.07 Å². The topological polar surface area (TPSA) is 50.2 Å². The van der Waals surface area contributed by atoms with E-state index in [2.05, 4.69) is 73.8 Å². The Hall–Kier alpha value is -2.33. The van der Waals surface area contributed by atoms with Gasteiger partial charge in [0.05, 0.1) is 5.76 Å². The first-order chi connectivity index (χ1) is 15.8. The standard InChI is InChI=1S/C23H16NSeSi.C5H8O2.Ir/c1-26(2)18-11-5-9-16-20(18)21-17(10-6-12-19(21)26)25-23-15-8-4-3-7-14(15)13-24-22(16)23;1-4(6)3-5(2)7;/h3-8,10-13H,1-2H3;3,6H,1-2H3;/q-1;;/b;4-3-;. The molecule has 3 aromatic carbocycles. The summed E-state index contributed by atoms with van der Waals surface area (Å²) >= 11 is 0.244. The summed E-state index contributed by atoms with van der Waals surface area (Å²) in [5.41, 5.74) is 5.30. The van der Waals surface area contributed by atoms with Crippen LogP contribution >= 0.6 is 0 Å². The van der Waals surface area contributed by atoms with Crippen molar-refractivity contribution in [1.29, 1.82) is 0 Å². The molecule has 0 saturated heterocycles. The molecule has 0 spiro atoms. The summed E-state index contributed by atoms with van der Waals surface area (Å²) in [6.45, 7) is 7.81. The first-order valence-corrected chi connectivity index (χ1v) is 15.6. The Balaban J connectivity index is 0.000000303. The molecule has 0 saturated carbocycles. The Morgan fingerprint density at radius 1 is 1.03 bits per heavy atom. The van der Waals surface area contributed by atoms with Gasteiger partial charge in [-0.1, -0.05) is 0 Å². The van der Waals surface area contributed by atoms with Crippen LogP contribution in [0.5, 0.6) is 0 Å². The molecule has 1 N–H and O–H groups in total. The second-order valence-corrected chi connectivity index (χ2v) is 15.5. The second-order valence-electron chi connectivity index (χ2n) is 8.97. The molecule has 0 bridgehead atoms. The van der Waals surface area contributed by atoms with Crippen molar-refractivity contribution in [2.75, 3.05) is 0 Å². The Kier molecular flexibility index (Phi) is 6.83. The van der Waals surface area contributed by atoms with E-state index >= 15 is 0 Å². The van der Waals surface area contributed by atoms with Crippen LogP contribution in [0.4, 0.5) is 0 Å². The molecule has 0 unspecified atom stereocenters. The predicted octanol–water partition coefficient (Wildman–Crippen LogP) is 3.51. The van der Waals surface area contributed by atoms with Crippen molar-refractivity contribution in [2.24, 2.45) is 0 Å². The third kappa shape index (κ3) is 4.04. The van der Waals surface area contributed by atoms with Crippen LogP contribution in [0.3, 0.4) is 0 Å². The molecular formula is C28H24IrNO2SeSi-. The van der Waals surface area contributed by atoms with Crippen LogP contribution < -0.4 is 19.3 Å². The van der Waals surface area contributed by atoms with Gasteiger partial charge >= 0.3 is 160 Å². The van der Waals surface area contributed by atoms with Crippen molar-refractivity contribution in [3.8, 4) is 22.4 Å². The smallest absolute Gasteiger partial charge is 0 e. The van der Waals surface area contributed by atoms with Gasteiger partial charge in [-0.25, -0.2) is 0 Å². The summed E-state index contributed by atoms with van der Waals surface area (Å²) in [6, 6.07) is 23.6. The van der Waals surface area contributed by atoms with Gasteiger partial charge < -0.3 is 5.11 Å². The van der Waals surface area contributed by atoms with Crippen LogP contribution in [0.2, 0.25) is 13.1 Å². The Labute approximate surface area is 220 Å². The van der Waals surface area contributed by atoms with Crippen molar-refractivity contribution in [1.82, 2.24) is 4.98 Å². The number of benzene rings is 3. The van der Waals surface area contributed by atoms with Gasteiger partial charge in [0.2, 0.25) is 0 Å². The van der Waals surface area contributed by atoms with Crippen molar-refractivity contribution in [2.45, 2.75) is 26.9 Å². The molecule has 0 atom stereocenters. The number of hydrogen-bond donors (Lipinski definition) is 1. The molecule has 34 heavy (non-hydrogen) atoms. The zero-order chi connectivity index (χ0) is 23.3. The van der Waals surface area contributed by atoms with Crippen molar-refractivity contribution < 1.29 is 30.0 Å². The summed E-state index contributed by atoms with van der Waals surface area (Å²) in [6.07, 6.45) is 3.20. The van der Waals surface area contributed by atoms with E-state index in [9.17, 15) is 4.79 Å². The molecule has 6 rings (SSSR count). The minimum absolute atomic E-state index is 0. The van der Waals surface area contributed by atoms with E-state index in [-0.39, 0.29) is 46.6 Å².